The van der Waals surface area contributed by atoms with E-state index < -0.39 is 0 Å². The third-order valence-electron chi connectivity index (χ3n) is 3.64. The van der Waals surface area contributed by atoms with Crippen LogP contribution in [0.25, 0.3) is 0 Å². The lowest BCUT2D eigenvalue weighted by Gasteiger charge is -2.06. The van der Waals surface area contributed by atoms with Crippen LogP contribution in [0.1, 0.15) is 25.7 Å². The smallest absolute Gasteiger partial charge is 0.267 e. The van der Waals surface area contributed by atoms with E-state index in [-0.39, 0.29) is 11.8 Å². The maximum atomic E-state index is 12.5. The van der Waals surface area contributed by atoms with Crippen molar-refractivity contribution in [2.45, 2.75) is 6.92 Å². The standard InChI is InChI=1S/C19H16ClN3O3S/c1-11-16(18(25)22-14-7-4-8-15(10-14)26-2)27-19(21-11)23-17(24)12-5-3-6-13(20)9-12/h3-10H,1-2H3,(H,22,25)(H,21,23,24). The predicted molar refractivity (Wildman–Crippen MR) is 107 cm³/mol. The van der Waals surface area contributed by atoms with Gasteiger partial charge in [-0.25, -0.2) is 4.98 Å². The lowest BCUT2D eigenvalue weighted by molar-refractivity contribution is 0.102. The molecule has 2 N–H and O–H groups in total. The van der Waals surface area contributed by atoms with Crippen LogP contribution in [0.5, 0.6) is 5.75 Å². The summed E-state index contributed by atoms with van der Waals surface area (Å²) in [6.07, 6.45) is 0. The van der Waals surface area contributed by atoms with Gasteiger partial charge < -0.3 is 10.1 Å². The number of aryl methyl sites for hydroxylation is 1. The van der Waals surface area contributed by atoms with Gasteiger partial charge in [0.15, 0.2) is 5.13 Å². The van der Waals surface area contributed by atoms with Crippen molar-refractivity contribution in [3.8, 4) is 5.75 Å². The number of aromatic nitrogens is 1. The van der Waals surface area contributed by atoms with Gasteiger partial charge in [0, 0.05) is 22.3 Å². The minimum absolute atomic E-state index is 0.304. The highest BCUT2D eigenvalue weighted by Crippen LogP contribution is 2.25. The highest BCUT2D eigenvalue weighted by molar-refractivity contribution is 7.17. The second-order valence-corrected chi connectivity index (χ2v) is 7.02. The fourth-order valence-corrected chi connectivity index (χ4v) is 3.40. The summed E-state index contributed by atoms with van der Waals surface area (Å²) in [6.45, 7) is 1.71. The van der Waals surface area contributed by atoms with Crippen LogP contribution < -0.4 is 15.4 Å². The van der Waals surface area contributed by atoms with Gasteiger partial charge in [0.1, 0.15) is 10.6 Å². The number of rotatable bonds is 5. The lowest BCUT2D eigenvalue weighted by atomic mass is 10.2. The first-order valence-corrected chi connectivity index (χ1v) is 9.15. The molecule has 0 fully saturated rings. The number of methoxy groups -OCH3 is 1. The molecule has 2 aromatic carbocycles. The molecular weight excluding hydrogens is 386 g/mol. The molecule has 6 nitrogen and oxygen atoms in total. The second-order valence-electron chi connectivity index (χ2n) is 5.58. The fourth-order valence-electron chi connectivity index (χ4n) is 2.35. The first kappa shape index (κ1) is 18.9. The molecule has 0 bridgehead atoms. The van der Waals surface area contributed by atoms with E-state index in [9.17, 15) is 9.59 Å². The fraction of sp³-hybridized carbons (Fsp3) is 0.105. The Hall–Kier alpha value is -2.90. The van der Waals surface area contributed by atoms with Crippen LogP contribution in [0, 0.1) is 6.92 Å². The molecule has 0 unspecified atom stereocenters. The molecule has 0 aliphatic carbocycles. The van der Waals surface area contributed by atoms with Crippen molar-refractivity contribution in [2.24, 2.45) is 0 Å². The molecule has 0 radical (unpaired) electrons. The molecule has 138 valence electrons. The number of ether oxygens (including phenoxy) is 1. The Labute approximate surface area is 165 Å². The average Bonchev–Trinajstić information content (AvgIpc) is 3.02. The Bertz CT molecular complexity index is 1000. The average molecular weight is 402 g/mol. The minimum atomic E-state index is -0.342. The summed E-state index contributed by atoms with van der Waals surface area (Å²) in [6, 6.07) is 13.6. The second kappa shape index (κ2) is 8.20. The molecule has 2 amide bonds. The number of anilines is 2. The number of nitrogens with one attached hydrogen (secondary N) is 2. The molecule has 0 atom stereocenters. The minimum Gasteiger partial charge on any atom is -0.497 e. The largest absolute Gasteiger partial charge is 0.497 e. The molecule has 0 spiro atoms. The Morgan fingerprint density at radius 1 is 1.07 bits per heavy atom. The number of hydrogen-bond donors (Lipinski definition) is 2. The number of thiazole rings is 1. The summed E-state index contributed by atoms with van der Waals surface area (Å²) in [7, 11) is 1.56. The Kier molecular flexibility index (Phi) is 5.73. The van der Waals surface area contributed by atoms with Gasteiger partial charge in [-0.2, -0.15) is 0 Å². The number of benzene rings is 2. The van der Waals surface area contributed by atoms with E-state index in [4.69, 9.17) is 16.3 Å². The number of halogens is 1. The quantitative estimate of drug-likeness (QED) is 0.653. The molecule has 3 aromatic rings. The van der Waals surface area contributed by atoms with E-state index in [1.807, 2.05) is 0 Å². The highest BCUT2D eigenvalue weighted by atomic mass is 35.5. The number of carbonyl (C=O) groups is 2. The number of amides is 2. The molecule has 1 heterocycles. The van der Waals surface area contributed by atoms with Gasteiger partial charge in [-0.1, -0.05) is 35.1 Å². The predicted octanol–water partition coefficient (Wildman–Crippen LogP) is 4.62. The zero-order valence-corrected chi connectivity index (χ0v) is 16.1. The van der Waals surface area contributed by atoms with Gasteiger partial charge in [-0.05, 0) is 37.3 Å². The van der Waals surface area contributed by atoms with Crippen LogP contribution in [0.3, 0.4) is 0 Å². The van der Waals surface area contributed by atoms with Crippen LogP contribution in [0.4, 0.5) is 10.8 Å². The normalized spacial score (nSPS) is 10.3. The molecule has 8 heteroatoms. The van der Waals surface area contributed by atoms with Crippen LogP contribution in [-0.4, -0.2) is 23.9 Å². The number of nitrogens with zero attached hydrogens (tertiary/aromatic N) is 1. The van der Waals surface area contributed by atoms with Crippen LogP contribution >= 0.6 is 22.9 Å². The van der Waals surface area contributed by atoms with Gasteiger partial charge in [-0.3, -0.25) is 14.9 Å². The van der Waals surface area contributed by atoms with E-state index in [1.54, 1.807) is 62.6 Å². The van der Waals surface area contributed by atoms with Crippen molar-refractivity contribution < 1.29 is 14.3 Å². The van der Waals surface area contributed by atoms with Crippen LogP contribution in [0.15, 0.2) is 48.5 Å². The van der Waals surface area contributed by atoms with Gasteiger partial charge in [0.25, 0.3) is 11.8 Å². The van der Waals surface area contributed by atoms with Crippen LogP contribution in [0.2, 0.25) is 5.02 Å². The molecular formula is C19H16ClN3O3S. The Balaban J connectivity index is 1.73. The third-order valence-corrected chi connectivity index (χ3v) is 4.94. The Morgan fingerprint density at radius 2 is 1.85 bits per heavy atom. The van der Waals surface area contributed by atoms with Gasteiger partial charge in [0.05, 0.1) is 12.8 Å². The topological polar surface area (TPSA) is 80.3 Å². The summed E-state index contributed by atoms with van der Waals surface area (Å²) in [5.41, 5.74) is 1.55. The summed E-state index contributed by atoms with van der Waals surface area (Å²) in [5.74, 6) is -0.00388. The molecule has 1 aromatic heterocycles. The van der Waals surface area contributed by atoms with Gasteiger partial charge in [0.2, 0.25) is 0 Å². The lowest BCUT2D eigenvalue weighted by Crippen LogP contribution is -2.11. The highest BCUT2D eigenvalue weighted by Gasteiger charge is 2.17. The number of hydrogen-bond acceptors (Lipinski definition) is 5. The van der Waals surface area contributed by atoms with Gasteiger partial charge in [-0.15, -0.1) is 0 Å². The molecule has 0 saturated heterocycles. The molecule has 0 aliphatic heterocycles. The maximum absolute atomic E-state index is 12.5. The molecule has 27 heavy (non-hydrogen) atoms. The van der Waals surface area contributed by atoms with E-state index in [1.165, 1.54) is 0 Å². The summed E-state index contributed by atoms with van der Waals surface area (Å²) in [4.78, 5) is 29.5. The molecule has 0 saturated carbocycles. The van der Waals surface area contributed by atoms with Crippen molar-refractivity contribution in [3.63, 3.8) is 0 Å². The summed E-state index contributed by atoms with van der Waals surface area (Å²) >= 11 is 7.01. The first-order valence-electron chi connectivity index (χ1n) is 7.96. The van der Waals surface area contributed by atoms with Crippen LogP contribution in [-0.2, 0) is 0 Å². The first-order chi connectivity index (χ1) is 13.0. The van der Waals surface area contributed by atoms with Gasteiger partial charge >= 0.3 is 0 Å². The monoisotopic (exact) mass is 401 g/mol. The zero-order chi connectivity index (χ0) is 19.4. The van der Waals surface area contributed by atoms with E-state index in [0.717, 1.165) is 11.3 Å². The van der Waals surface area contributed by atoms with Crippen molar-refractivity contribution >= 4 is 45.6 Å². The summed E-state index contributed by atoms with van der Waals surface area (Å²) < 4.78 is 5.15. The van der Waals surface area contributed by atoms with E-state index >= 15 is 0 Å². The molecule has 3 rings (SSSR count). The molecule has 0 aliphatic rings. The van der Waals surface area contributed by atoms with E-state index in [2.05, 4.69) is 15.6 Å². The van der Waals surface area contributed by atoms with Crippen molar-refractivity contribution in [2.75, 3.05) is 17.7 Å². The third kappa shape index (κ3) is 4.64. The van der Waals surface area contributed by atoms with E-state index in [0.29, 0.717) is 37.7 Å². The summed E-state index contributed by atoms with van der Waals surface area (Å²) in [5, 5.41) is 6.30. The Morgan fingerprint density at radius 3 is 2.59 bits per heavy atom. The maximum Gasteiger partial charge on any atom is 0.267 e. The van der Waals surface area contributed by atoms with Crippen molar-refractivity contribution in [1.29, 1.82) is 0 Å². The SMILES string of the molecule is COc1cccc(NC(=O)c2sc(NC(=O)c3cccc(Cl)c3)nc2C)c1. The number of carbonyl (C=O) groups excluding carboxylic acids is 2. The van der Waals surface area contributed by atoms with Crippen molar-refractivity contribution in [1.82, 2.24) is 4.98 Å². The van der Waals surface area contributed by atoms with Crippen molar-refractivity contribution in [3.05, 3.63) is 69.7 Å². The zero-order valence-electron chi connectivity index (χ0n) is 14.6.